The van der Waals surface area contributed by atoms with Gasteiger partial charge in [0.25, 0.3) is 5.91 Å². The van der Waals surface area contributed by atoms with E-state index in [0.717, 1.165) is 31.7 Å². The highest BCUT2D eigenvalue weighted by molar-refractivity contribution is 7.89. The lowest BCUT2D eigenvalue weighted by Crippen LogP contribution is -2.35. The zero-order valence-electron chi connectivity index (χ0n) is 13.0. The van der Waals surface area contributed by atoms with Gasteiger partial charge in [0.05, 0.1) is 15.5 Å². The van der Waals surface area contributed by atoms with Crippen LogP contribution in [0.4, 0.5) is 0 Å². The molecule has 0 atom stereocenters. The number of benzene rings is 1. The molecule has 1 aliphatic heterocycles. The number of nitrogens with two attached hydrogens (primary N) is 1. The minimum atomic E-state index is -3.97. The molecule has 1 saturated heterocycles. The topological polar surface area (TPSA) is 107 Å². The summed E-state index contributed by atoms with van der Waals surface area (Å²) in [6.45, 7) is 0.894. The van der Waals surface area contributed by atoms with Crippen LogP contribution in [0.25, 0.3) is 0 Å². The Morgan fingerprint density at radius 1 is 1.17 bits per heavy atom. The second-order valence-corrected chi connectivity index (χ2v) is 7.53. The number of rotatable bonds is 4. The van der Waals surface area contributed by atoms with E-state index in [0.29, 0.717) is 13.1 Å². The quantitative estimate of drug-likeness (QED) is 0.804. The van der Waals surface area contributed by atoms with Gasteiger partial charge in [-0.1, -0.05) is 24.4 Å². The molecule has 24 heavy (non-hydrogen) atoms. The zero-order chi connectivity index (χ0) is 17.7. The third kappa shape index (κ3) is 4.93. The maximum atomic E-state index is 12.1. The third-order valence-corrected chi connectivity index (χ3v) is 5.01. The predicted octanol–water partition coefficient (Wildman–Crippen LogP) is 1.55. The first-order valence-corrected chi connectivity index (χ1v) is 9.49. The number of carbonyl (C=O) groups excluding carboxylic acids is 2. The van der Waals surface area contributed by atoms with Crippen LogP contribution < -0.4 is 5.14 Å². The molecular formula is C15H19ClN2O5S. The zero-order valence-corrected chi connectivity index (χ0v) is 14.6. The van der Waals surface area contributed by atoms with Gasteiger partial charge in [-0.2, -0.15) is 0 Å². The van der Waals surface area contributed by atoms with E-state index in [1.54, 1.807) is 4.90 Å². The highest BCUT2D eigenvalue weighted by atomic mass is 35.5. The van der Waals surface area contributed by atoms with Crippen molar-refractivity contribution in [1.29, 1.82) is 0 Å². The summed E-state index contributed by atoms with van der Waals surface area (Å²) in [6, 6.07) is 3.47. The molecule has 0 spiro atoms. The van der Waals surface area contributed by atoms with Gasteiger partial charge in [0, 0.05) is 13.1 Å². The molecule has 0 aromatic heterocycles. The van der Waals surface area contributed by atoms with Crippen LogP contribution in [0.1, 0.15) is 36.0 Å². The number of sulfonamides is 1. The number of likely N-dealkylation sites (tertiary alicyclic amines) is 1. The van der Waals surface area contributed by atoms with E-state index in [1.165, 1.54) is 12.1 Å². The number of hydrogen-bond acceptors (Lipinski definition) is 5. The summed E-state index contributed by atoms with van der Waals surface area (Å²) in [5, 5.41) is 5.05. The number of hydrogen-bond donors (Lipinski definition) is 1. The maximum Gasteiger partial charge on any atom is 0.340 e. The lowest BCUT2D eigenvalue weighted by Gasteiger charge is -2.20. The smallest absolute Gasteiger partial charge is 0.340 e. The van der Waals surface area contributed by atoms with Gasteiger partial charge in [0.2, 0.25) is 10.0 Å². The number of carbonyl (C=O) groups is 2. The third-order valence-electron chi connectivity index (χ3n) is 3.77. The lowest BCUT2D eigenvalue weighted by atomic mass is 10.2. The van der Waals surface area contributed by atoms with Crippen LogP contribution in [0.2, 0.25) is 5.02 Å². The monoisotopic (exact) mass is 374 g/mol. The molecule has 0 bridgehead atoms. The Hall–Kier alpha value is -1.64. The van der Waals surface area contributed by atoms with E-state index >= 15 is 0 Å². The van der Waals surface area contributed by atoms with Gasteiger partial charge < -0.3 is 9.64 Å². The molecular weight excluding hydrogens is 356 g/mol. The van der Waals surface area contributed by atoms with Crippen molar-refractivity contribution in [2.45, 2.75) is 30.6 Å². The van der Waals surface area contributed by atoms with E-state index in [2.05, 4.69) is 0 Å². The largest absolute Gasteiger partial charge is 0.452 e. The number of halogens is 1. The van der Waals surface area contributed by atoms with Crippen molar-refractivity contribution in [3.05, 3.63) is 28.8 Å². The van der Waals surface area contributed by atoms with Gasteiger partial charge in [-0.15, -0.1) is 0 Å². The summed E-state index contributed by atoms with van der Waals surface area (Å²) in [5.74, 6) is -1.14. The highest BCUT2D eigenvalue weighted by Gasteiger charge is 2.20. The minimum Gasteiger partial charge on any atom is -0.452 e. The molecule has 0 saturated carbocycles. The first-order chi connectivity index (χ1) is 11.3. The molecule has 1 fully saturated rings. The molecule has 0 unspecified atom stereocenters. The number of esters is 1. The molecule has 2 N–H and O–H groups in total. The lowest BCUT2D eigenvalue weighted by molar-refractivity contribution is -0.134. The van der Waals surface area contributed by atoms with Gasteiger partial charge in [-0.05, 0) is 31.0 Å². The van der Waals surface area contributed by atoms with Gasteiger partial charge in [-0.25, -0.2) is 18.4 Å². The first-order valence-electron chi connectivity index (χ1n) is 7.56. The molecule has 1 heterocycles. The number of ether oxygens (including phenoxy) is 1. The van der Waals surface area contributed by atoms with E-state index in [9.17, 15) is 18.0 Å². The molecule has 0 radical (unpaired) electrons. The van der Waals surface area contributed by atoms with Gasteiger partial charge in [0.1, 0.15) is 0 Å². The maximum absolute atomic E-state index is 12.1. The van der Waals surface area contributed by atoms with Crippen LogP contribution in [0, 0.1) is 0 Å². The van der Waals surface area contributed by atoms with Crippen LogP contribution in [0.5, 0.6) is 0 Å². The van der Waals surface area contributed by atoms with Crippen LogP contribution in [0.15, 0.2) is 23.1 Å². The van der Waals surface area contributed by atoms with E-state index in [1.807, 2.05) is 0 Å². The van der Waals surface area contributed by atoms with Crippen molar-refractivity contribution < 1.29 is 22.7 Å². The molecule has 1 amide bonds. The first kappa shape index (κ1) is 18.7. The normalized spacial score (nSPS) is 15.7. The Kier molecular flexibility index (Phi) is 6.20. The summed E-state index contributed by atoms with van der Waals surface area (Å²) >= 11 is 5.89. The fourth-order valence-electron chi connectivity index (χ4n) is 2.45. The van der Waals surface area contributed by atoms with Gasteiger partial charge in [0.15, 0.2) is 6.61 Å². The van der Waals surface area contributed by atoms with Crippen molar-refractivity contribution in [2.24, 2.45) is 5.14 Å². The van der Waals surface area contributed by atoms with Crippen molar-refractivity contribution in [3.8, 4) is 0 Å². The summed E-state index contributed by atoms with van der Waals surface area (Å²) in [6.07, 6.45) is 4.03. The molecule has 9 heteroatoms. The fourth-order valence-corrected chi connectivity index (χ4v) is 3.19. The Bertz CT molecular complexity index is 727. The summed E-state index contributed by atoms with van der Waals surface area (Å²) in [5.41, 5.74) is -0.146. The summed E-state index contributed by atoms with van der Waals surface area (Å²) in [7, 11) is -3.97. The molecule has 1 aromatic rings. The molecule has 1 aliphatic rings. The van der Waals surface area contributed by atoms with Crippen LogP contribution in [-0.4, -0.2) is 44.9 Å². The second-order valence-electron chi connectivity index (χ2n) is 5.56. The van der Waals surface area contributed by atoms with E-state index in [4.69, 9.17) is 21.5 Å². The van der Waals surface area contributed by atoms with Crippen molar-refractivity contribution >= 4 is 33.5 Å². The Morgan fingerprint density at radius 2 is 1.79 bits per heavy atom. The van der Waals surface area contributed by atoms with Crippen molar-refractivity contribution in [2.75, 3.05) is 19.7 Å². The average molecular weight is 375 g/mol. The number of nitrogens with zero attached hydrogens (tertiary/aromatic N) is 1. The Labute approximate surface area is 145 Å². The molecule has 132 valence electrons. The molecule has 2 rings (SSSR count). The van der Waals surface area contributed by atoms with Gasteiger partial charge in [-0.3, -0.25) is 4.79 Å². The molecule has 0 aliphatic carbocycles. The van der Waals surface area contributed by atoms with Crippen LogP contribution in [0.3, 0.4) is 0 Å². The minimum absolute atomic E-state index is 0.0228. The average Bonchev–Trinajstić information content (AvgIpc) is 2.80. The highest BCUT2D eigenvalue weighted by Crippen LogP contribution is 2.21. The van der Waals surface area contributed by atoms with Crippen LogP contribution in [-0.2, 0) is 19.6 Å². The molecule has 1 aromatic carbocycles. The standard InChI is InChI=1S/C15H19ClN2O5S/c16-13-6-5-11(24(17,21)22)9-12(13)15(20)23-10-14(19)18-7-3-1-2-4-8-18/h5-6,9H,1-4,7-8,10H2,(H2,17,21,22). The predicted molar refractivity (Wildman–Crippen MR) is 88.2 cm³/mol. The van der Waals surface area contributed by atoms with Crippen molar-refractivity contribution in [3.63, 3.8) is 0 Å². The Balaban J connectivity index is 2.03. The van der Waals surface area contributed by atoms with Crippen molar-refractivity contribution in [1.82, 2.24) is 4.90 Å². The summed E-state index contributed by atoms with van der Waals surface area (Å²) < 4.78 is 27.7. The second kappa shape index (κ2) is 7.96. The number of primary sulfonamides is 1. The van der Waals surface area contributed by atoms with Crippen LogP contribution >= 0.6 is 11.6 Å². The van der Waals surface area contributed by atoms with E-state index in [-0.39, 0.29) is 21.4 Å². The SMILES string of the molecule is NS(=O)(=O)c1ccc(Cl)c(C(=O)OCC(=O)N2CCCCCC2)c1. The van der Waals surface area contributed by atoms with Gasteiger partial charge >= 0.3 is 5.97 Å². The molecule has 7 nitrogen and oxygen atoms in total. The number of amides is 1. The van der Waals surface area contributed by atoms with E-state index < -0.39 is 22.6 Å². The summed E-state index contributed by atoms with van der Waals surface area (Å²) in [4.78, 5) is 25.6. The Morgan fingerprint density at radius 3 is 2.38 bits per heavy atom. The fraction of sp³-hybridized carbons (Fsp3) is 0.467.